The molecule has 0 amide bonds. The molecule has 0 aromatic rings. The lowest BCUT2D eigenvalue weighted by atomic mass is 9.73. The van der Waals surface area contributed by atoms with Gasteiger partial charge in [0.2, 0.25) is 0 Å². The molecule has 4 aliphatic carbocycles. The van der Waals surface area contributed by atoms with Gasteiger partial charge in [-0.2, -0.15) is 0 Å². The number of carbonyl (C=O) groups excluding carboxylic acids is 2. The molecule has 12 atom stereocenters. The Morgan fingerprint density at radius 2 is 0.836 bits per heavy atom. The van der Waals surface area contributed by atoms with E-state index in [1.165, 1.54) is 44.9 Å². The van der Waals surface area contributed by atoms with Crippen LogP contribution in [0.25, 0.3) is 0 Å². The molecule has 8 heteroatoms. The standard InChI is InChI=1S/C47H82N2O6/c1-11-52-40(50)20-36(42-34-26-44(3,4)22-30(34)32-24-46(7,8)28-38(32)54-42)48-18-16-14-13-15-17-19-49-37(21-41(51)53-12-2)43-35-27-45(5,6)23-31(35)33-25-47(9,10)29-39(33)55-43/h30-39,42-43,48-49H,11-29H2,1-10H3/t30-,31-,32-,33-,34-,35-,36?,37?,38-,39-,42+,43+/m1/s1. The summed E-state index contributed by atoms with van der Waals surface area (Å²) in [7, 11) is 0. The largest absolute Gasteiger partial charge is 0.466 e. The zero-order chi connectivity index (χ0) is 39.8. The molecule has 4 saturated carbocycles. The normalized spacial score (nSPS) is 37.3. The van der Waals surface area contributed by atoms with Crippen molar-refractivity contribution < 1.29 is 28.5 Å². The van der Waals surface area contributed by atoms with Crippen LogP contribution in [-0.4, -0.2) is 74.7 Å². The molecule has 55 heavy (non-hydrogen) atoms. The van der Waals surface area contributed by atoms with Crippen molar-refractivity contribution in [2.24, 2.45) is 57.2 Å². The molecule has 2 aliphatic heterocycles. The summed E-state index contributed by atoms with van der Waals surface area (Å²) in [4.78, 5) is 25.8. The van der Waals surface area contributed by atoms with Gasteiger partial charge in [-0.1, -0.05) is 74.7 Å². The fourth-order valence-electron chi connectivity index (χ4n) is 13.4. The van der Waals surface area contributed by atoms with Gasteiger partial charge in [0.1, 0.15) is 0 Å². The average molecular weight is 771 g/mol. The van der Waals surface area contributed by atoms with E-state index in [1.807, 2.05) is 13.8 Å². The zero-order valence-electron chi connectivity index (χ0n) is 36.8. The number of nitrogens with one attached hydrogen (secondary N) is 2. The number of ether oxygens (including phenoxy) is 4. The van der Waals surface area contributed by atoms with Crippen molar-refractivity contribution >= 4 is 11.9 Å². The summed E-state index contributed by atoms with van der Waals surface area (Å²) < 4.78 is 25.1. The molecule has 0 aromatic carbocycles. The van der Waals surface area contributed by atoms with Gasteiger partial charge in [-0.25, -0.2) is 0 Å². The summed E-state index contributed by atoms with van der Waals surface area (Å²) in [6, 6.07) is -0.0217. The van der Waals surface area contributed by atoms with Gasteiger partial charge in [-0.15, -0.1) is 0 Å². The molecule has 8 nitrogen and oxygen atoms in total. The molecule has 0 radical (unpaired) electrons. The van der Waals surface area contributed by atoms with E-state index in [9.17, 15) is 9.59 Å². The predicted octanol–water partition coefficient (Wildman–Crippen LogP) is 9.27. The highest BCUT2D eigenvalue weighted by molar-refractivity contribution is 5.70. The minimum atomic E-state index is -0.113. The number of rotatable bonds is 18. The van der Waals surface area contributed by atoms with Crippen LogP contribution >= 0.6 is 0 Å². The molecule has 0 aromatic heterocycles. The Hall–Kier alpha value is -1.22. The summed E-state index contributed by atoms with van der Waals surface area (Å²) in [5.41, 5.74) is 1.27. The Bertz CT molecular complexity index is 1200. The van der Waals surface area contributed by atoms with Crippen LogP contribution in [0, 0.1) is 57.2 Å². The Balaban J connectivity index is 0.990. The van der Waals surface area contributed by atoms with Crippen LogP contribution in [0.15, 0.2) is 0 Å². The molecular weight excluding hydrogens is 689 g/mol. The molecule has 6 aliphatic rings. The average Bonchev–Trinajstić information content (AvgIpc) is 3.78. The van der Waals surface area contributed by atoms with Crippen molar-refractivity contribution in [3.05, 3.63) is 0 Å². The van der Waals surface area contributed by atoms with Gasteiger partial charge < -0.3 is 29.6 Å². The van der Waals surface area contributed by atoms with Crippen molar-refractivity contribution in [2.75, 3.05) is 26.3 Å². The number of fused-ring (bicyclic) bond motifs is 6. The van der Waals surface area contributed by atoms with Gasteiger partial charge in [0.25, 0.3) is 0 Å². The molecule has 0 bridgehead atoms. The zero-order valence-corrected chi connectivity index (χ0v) is 36.8. The first-order valence-electron chi connectivity index (χ1n) is 23.0. The van der Waals surface area contributed by atoms with E-state index in [2.05, 4.69) is 66.0 Å². The second kappa shape index (κ2) is 17.6. The van der Waals surface area contributed by atoms with Crippen LogP contribution in [-0.2, 0) is 28.5 Å². The van der Waals surface area contributed by atoms with Crippen LogP contribution < -0.4 is 10.6 Å². The van der Waals surface area contributed by atoms with Gasteiger partial charge >= 0.3 is 11.9 Å². The van der Waals surface area contributed by atoms with Crippen LogP contribution in [0.2, 0.25) is 0 Å². The number of hydrogen-bond acceptors (Lipinski definition) is 8. The van der Waals surface area contributed by atoms with Crippen molar-refractivity contribution in [1.29, 1.82) is 0 Å². The van der Waals surface area contributed by atoms with Crippen LogP contribution in [0.1, 0.15) is 166 Å². The SMILES string of the molecule is CCOC(=O)CC(NCCCCCCCNC(CC(=O)OCC)[C@H]1O[C@@H]2CC(C)(C)C[C@@H]2[C@H]2CC(C)(C)C[C@H]21)[C@H]1O[C@@H]2CC(C)(C)C[C@@H]2[C@H]2CC(C)(C)C[C@H]21. The van der Waals surface area contributed by atoms with Crippen molar-refractivity contribution in [3.63, 3.8) is 0 Å². The third kappa shape index (κ3) is 10.7. The van der Waals surface area contributed by atoms with Crippen molar-refractivity contribution in [2.45, 2.75) is 202 Å². The number of hydrogen-bond donors (Lipinski definition) is 2. The minimum absolute atomic E-state index is 0.0109. The number of carbonyl (C=O) groups is 2. The Labute approximate surface area is 335 Å². The lowest BCUT2D eigenvalue weighted by Crippen LogP contribution is -2.54. The number of esters is 2. The van der Waals surface area contributed by atoms with Gasteiger partial charge in [-0.05, 0) is 148 Å². The maximum absolute atomic E-state index is 12.9. The van der Waals surface area contributed by atoms with E-state index in [0.717, 1.165) is 51.6 Å². The second-order valence-corrected chi connectivity index (χ2v) is 22.5. The Morgan fingerprint density at radius 3 is 1.22 bits per heavy atom. The third-order valence-electron chi connectivity index (χ3n) is 15.2. The fraction of sp³-hybridized carbons (Fsp3) is 0.957. The first-order chi connectivity index (χ1) is 25.9. The van der Waals surface area contributed by atoms with Crippen LogP contribution in [0.5, 0.6) is 0 Å². The van der Waals surface area contributed by atoms with Crippen molar-refractivity contribution in [3.8, 4) is 0 Å². The van der Waals surface area contributed by atoms with E-state index in [-0.39, 0.29) is 36.2 Å². The molecule has 2 unspecified atom stereocenters. The smallest absolute Gasteiger partial charge is 0.307 e. The monoisotopic (exact) mass is 771 g/mol. The lowest BCUT2D eigenvalue weighted by molar-refractivity contribution is -0.155. The maximum atomic E-state index is 12.9. The highest BCUT2D eigenvalue weighted by atomic mass is 16.5. The molecule has 0 spiro atoms. The Morgan fingerprint density at radius 1 is 0.509 bits per heavy atom. The van der Waals surface area contributed by atoms with E-state index < -0.39 is 0 Å². The molecular formula is C47H82N2O6. The van der Waals surface area contributed by atoms with Crippen LogP contribution in [0.3, 0.4) is 0 Å². The van der Waals surface area contributed by atoms with Crippen LogP contribution in [0.4, 0.5) is 0 Å². The third-order valence-corrected chi connectivity index (χ3v) is 15.2. The topological polar surface area (TPSA) is 95.1 Å². The molecule has 6 rings (SSSR count). The summed E-state index contributed by atoms with van der Waals surface area (Å²) in [5, 5.41) is 7.70. The minimum Gasteiger partial charge on any atom is -0.466 e. The molecule has 2 N–H and O–H groups in total. The van der Waals surface area contributed by atoms with Gasteiger partial charge in [0.15, 0.2) is 0 Å². The van der Waals surface area contributed by atoms with Gasteiger partial charge in [0.05, 0.1) is 50.5 Å². The van der Waals surface area contributed by atoms with E-state index in [0.29, 0.717) is 95.4 Å². The lowest BCUT2D eigenvalue weighted by Gasteiger charge is -2.45. The number of unbranched alkanes of at least 4 members (excludes halogenated alkanes) is 4. The molecule has 316 valence electrons. The maximum Gasteiger partial charge on any atom is 0.307 e. The summed E-state index contributed by atoms with van der Waals surface area (Å²) in [6.45, 7) is 25.8. The first-order valence-corrected chi connectivity index (χ1v) is 23.0. The highest BCUT2D eigenvalue weighted by Gasteiger charge is 2.59. The summed E-state index contributed by atoms with van der Waals surface area (Å²) in [5.74, 6) is 3.41. The molecule has 2 saturated heterocycles. The van der Waals surface area contributed by atoms with Gasteiger partial charge in [-0.3, -0.25) is 9.59 Å². The predicted molar refractivity (Wildman–Crippen MR) is 219 cm³/mol. The quantitative estimate of drug-likeness (QED) is 0.105. The summed E-state index contributed by atoms with van der Waals surface area (Å²) in [6.07, 6.45) is 16.8. The fourth-order valence-corrected chi connectivity index (χ4v) is 13.4. The van der Waals surface area contributed by atoms with E-state index in [4.69, 9.17) is 18.9 Å². The highest BCUT2D eigenvalue weighted by Crippen LogP contribution is 2.61. The van der Waals surface area contributed by atoms with E-state index >= 15 is 0 Å². The molecule has 6 fully saturated rings. The van der Waals surface area contributed by atoms with Crippen molar-refractivity contribution in [1.82, 2.24) is 10.6 Å². The molecule has 2 heterocycles. The summed E-state index contributed by atoms with van der Waals surface area (Å²) >= 11 is 0. The second-order valence-electron chi connectivity index (χ2n) is 22.5. The van der Waals surface area contributed by atoms with Gasteiger partial charge in [0, 0.05) is 12.1 Å². The first kappa shape index (κ1) is 43.4. The Kier molecular flexibility index (Phi) is 13.8. The van der Waals surface area contributed by atoms with E-state index in [1.54, 1.807) is 0 Å².